The molecule has 2 amide bonds. The van der Waals surface area contributed by atoms with Gasteiger partial charge in [0.2, 0.25) is 5.91 Å². The number of carbonyl (C=O) groups is 3. The number of thiazole rings is 1. The number of hydrogen-bond donors (Lipinski definition) is 4. The van der Waals surface area contributed by atoms with Crippen LogP contribution in [-0.2, 0) is 21.4 Å². The molecule has 284 valence electrons. The van der Waals surface area contributed by atoms with E-state index in [0.717, 1.165) is 33.7 Å². The van der Waals surface area contributed by atoms with Crippen LogP contribution in [0.3, 0.4) is 0 Å². The second kappa shape index (κ2) is 18.9. The number of carboxylic acids is 1. The van der Waals surface area contributed by atoms with E-state index >= 15 is 0 Å². The number of carboxylic acid groups (broad SMARTS) is 1. The molecule has 0 saturated heterocycles. The molecule has 3 atom stereocenters. The fourth-order valence-electron chi connectivity index (χ4n) is 5.66. The molecule has 3 unspecified atom stereocenters. The maximum atomic E-state index is 13.7. The SMILES string of the molecule is CCCCCCCOc1ccc(-c2cnc(-c3ccc(CC(NC(=O)c4ccc(C(C)(C)C)s4)C(=O)NC(C(=O)O)C(O)c4cscn4)cc3)nc2)cc1. The van der Waals surface area contributed by atoms with Crippen LogP contribution in [0.5, 0.6) is 5.75 Å². The van der Waals surface area contributed by atoms with E-state index in [9.17, 15) is 24.6 Å². The van der Waals surface area contributed by atoms with Gasteiger partial charge < -0.3 is 25.6 Å². The number of hydrogen-bond acceptors (Lipinski definition) is 10. The maximum absolute atomic E-state index is 13.7. The summed E-state index contributed by atoms with van der Waals surface area (Å²) in [6.45, 7) is 9.05. The molecular formula is C41H47N5O6S2. The summed E-state index contributed by atoms with van der Waals surface area (Å²) in [7, 11) is 0. The number of carbonyl (C=O) groups excluding carboxylic acids is 2. The third-order valence-corrected chi connectivity index (χ3v) is 10.9. The van der Waals surface area contributed by atoms with Crippen molar-refractivity contribution >= 4 is 40.5 Å². The lowest BCUT2D eigenvalue weighted by Crippen LogP contribution is -2.54. The second-order valence-corrected chi connectivity index (χ2v) is 15.9. The number of benzene rings is 2. The first-order valence-corrected chi connectivity index (χ1v) is 19.8. The van der Waals surface area contributed by atoms with Crippen molar-refractivity contribution in [2.45, 2.75) is 89.8 Å². The van der Waals surface area contributed by atoms with Crippen molar-refractivity contribution in [3.63, 3.8) is 0 Å². The van der Waals surface area contributed by atoms with Crippen molar-refractivity contribution in [1.29, 1.82) is 0 Å². The molecule has 4 N–H and O–H groups in total. The van der Waals surface area contributed by atoms with Gasteiger partial charge in [-0.25, -0.2) is 19.7 Å². The number of unbranched alkanes of at least 4 members (excludes halogenated alkanes) is 4. The van der Waals surface area contributed by atoms with Crippen LogP contribution in [0.2, 0.25) is 0 Å². The summed E-state index contributed by atoms with van der Waals surface area (Å²) >= 11 is 2.52. The average molecular weight is 770 g/mol. The molecule has 0 spiro atoms. The first-order chi connectivity index (χ1) is 25.9. The van der Waals surface area contributed by atoms with Gasteiger partial charge >= 0.3 is 5.97 Å². The number of ether oxygens (including phenoxy) is 1. The molecule has 5 rings (SSSR count). The van der Waals surface area contributed by atoms with E-state index in [1.54, 1.807) is 18.5 Å². The van der Waals surface area contributed by atoms with Gasteiger partial charge in [-0.15, -0.1) is 22.7 Å². The van der Waals surface area contributed by atoms with Crippen LogP contribution >= 0.6 is 22.7 Å². The number of aromatic nitrogens is 3. The van der Waals surface area contributed by atoms with Crippen molar-refractivity contribution < 1.29 is 29.3 Å². The predicted molar refractivity (Wildman–Crippen MR) is 212 cm³/mol. The van der Waals surface area contributed by atoms with E-state index < -0.39 is 36.0 Å². The molecule has 0 aliphatic rings. The smallest absolute Gasteiger partial charge is 0.329 e. The number of aliphatic hydroxyl groups excluding tert-OH is 1. The number of amides is 2. The molecule has 0 saturated carbocycles. The summed E-state index contributed by atoms with van der Waals surface area (Å²) in [6.07, 6.45) is 7.95. The predicted octanol–water partition coefficient (Wildman–Crippen LogP) is 7.62. The lowest BCUT2D eigenvalue weighted by molar-refractivity contribution is -0.145. The Morgan fingerprint density at radius 2 is 1.52 bits per heavy atom. The molecule has 3 aromatic heterocycles. The molecule has 5 aromatic rings. The minimum Gasteiger partial charge on any atom is -0.494 e. The zero-order chi connectivity index (χ0) is 38.7. The van der Waals surface area contributed by atoms with Gasteiger partial charge in [-0.2, -0.15) is 0 Å². The van der Waals surface area contributed by atoms with Gasteiger partial charge in [0, 0.05) is 40.2 Å². The third kappa shape index (κ3) is 11.0. The van der Waals surface area contributed by atoms with Gasteiger partial charge in [0.1, 0.15) is 17.9 Å². The molecule has 0 fully saturated rings. The topological polar surface area (TPSA) is 164 Å². The van der Waals surface area contributed by atoms with Crippen LogP contribution in [0.1, 0.15) is 91.7 Å². The van der Waals surface area contributed by atoms with Gasteiger partial charge in [-0.3, -0.25) is 9.59 Å². The number of nitrogens with zero attached hydrogens (tertiary/aromatic N) is 3. The summed E-state index contributed by atoms with van der Waals surface area (Å²) in [6, 6.07) is 15.9. The minimum atomic E-state index is -1.69. The average Bonchev–Trinajstić information content (AvgIpc) is 3.90. The highest BCUT2D eigenvalue weighted by molar-refractivity contribution is 7.14. The van der Waals surface area contributed by atoms with Gasteiger partial charge in [-0.05, 0) is 47.2 Å². The van der Waals surface area contributed by atoms with Crippen LogP contribution in [0.25, 0.3) is 22.5 Å². The van der Waals surface area contributed by atoms with Gasteiger partial charge in [0.05, 0.1) is 22.7 Å². The summed E-state index contributed by atoms with van der Waals surface area (Å²) in [5, 5.41) is 27.4. The lowest BCUT2D eigenvalue weighted by Gasteiger charge is -2.24. The van der Waals surface area contributed by atoms with Crippen molar-refractivity contribution in [1.82, 2.24) is 25.6 Å². The Kier molecular flexibility index (Phi) is 14.0. The Hall–Kier alpha value is -4.98. The van der Waals surface area contributed by atoms with E-state index in [0.29, 0.717) is 22.9 Å². The van der Waals surface area contributed by atoms with Crippen molar-refractivity contribution in [2.24, 2.45) is 0 Å². The largest absolute Gasteiger partial charge is 0.494 e. The molecule has 2 aromatic carbocycles. The summed E-state index contributed by atoms with van der Waals surface area (Å²) in [5.74, 6) is -1.31. The van der Waals surface area contributed by atoms with E-state index in [1.165, 1.54) is 59.2 Å². The van der Waals surface area contributed by atoms with Crippen molar-refractivity contribution in [3.8, 4) is 28.3 Å². The molecule has 0 aliphatic carbocycles. The molecule has 0 aliphatic heterocycles. The van der Waals surface area contributed by atoms with E-state index in [2.05, 4.69) is 32.5 Å². The molecule has 0 radical (unpaired) electrons. The quantitative estimate of drug-likeness (QED) is 0.0657. The monoisotopic (exact) mass is 769 g/mol. The molecule has 13 heteroatoms. The summed E-state index contributed by atoms with van der Waals surface area (Å²) in [4.78, 5) is 53.8. The number of aliphatic hydroxyl groups is 1. The Labute approximate surface area is 323 Å². The molecule has 0 bridgehead atoms. The first-order valence-electron chi connectivity index (χ1n) is 18.1. The minimum absolute atomic E-state index is 0.0485. The molecular weight excluding hydrogens is 723 g/mol. The normalized spacial score (nSPS) is 13.1. The second-order valence-electron chi connectivity index (χ2n) is 14.1. The first kappa shape index (κ1) is 40.2. The maximum Gasteiger partial charge on any atom is 0.329 e. The van der Waals surface area contributed by atoms with Crippen LogP contribution in [0.4, 0.5) is 0 Å². The standard InChI is InChI=1S/C41H47N5O6S2/c1-5-6-7-8-9-20-52-30-16-14-27(15-17-30)29-22-42-37(43-23-29)28-12-10-26(11-13-28)21-31(45-39(49)33-18-19-34(54-33)41(2,3)4)38(48)46-35(40(50)51)36(47)32-24-53-25-44-32/h10-19,22-25,31,35-36,47H,5-9,20-21H2,1-4H3,(H,45,49)(H,46,48)(H,50,51). The van der Waals surface area contributed by atoms with E-state index in [4.69, 9.17) is 4.74 Å². The number of thiophene rings is 1. The fraction of sp³-hybridized carbons (Fsp3) is 0.366. The molecule has 3 heterocycles. The highest BCUT2D eigenvalue weighted by Crippen LogP contribution is 2.30. The Morgan fingerprint density at radius 1 is 0.833 bits per heavy atom. The van der Waals surface area contributed by atoms with Gasteiger partial charge in [0.15, 0.2) is 11.9 Å². The Balaban J connectivity index is 1.26. The zero-order valence-corrected chi connectivity index (χ0v) is 32.6. The number of aliphatic carboxylic acids is 1. The van der Waals surface area contributed by atoms with Gasteiger partial charge in [-0.1, -0.05) is 89.8 Å². The Morgan fingerprint density at radius 3 is 2.13 bits per heavy atom. The lowest BCUT2D eigenvalue weighted by atomic mass is 9.95. The van der Waals surface area contributed by atoms with E-state index in [1.807, 2.05) is 75.4 Å². The van der Waals surface area contributed by atoms with Crippen LogP contribution in [-0.4, -0.2) is 61.6 Å². The zero-order valence-electron chi connectivity index (χ0n) is 31.0. The van der Waals surface area contributed by atoms with E-state index in [-0.39, 0.29) is 17.5 Å². The molecule has 11 nitrogen and oxygen atoms in total. The number of rotatable bonds is 18. The summed E-state index contributed by atoms with van der Waals surface area (Å²) in [5.41, 5.74) is 4.71. The third-order valence-electron chi connectivity index (χ3n) is 8.83. The van der Waals surface area contributed by atoms with Crippen LogP contribution in [0.15, 0.2) is 83.9 Å². The highest BCUT2D eigenvalue weighted by atomic mass is 32.1. The van der Waals surface area contributed by atoms with Gasteiger partial charge in [0.25, 0.3) is 5.91 Å². The van der Waals surface area contributed by atoms with Crippen LogP contribution < -0.4 is 15.4 Å². The van der Waals surface area contributed by atoms with Crippen LogP contribution in [0, 0.1) is 0 Å². The number of nitrogens with one attached hydrogen (secondary N) is 2. The molecule has 54 heavy (non-hydrogen) atoms. The van der Waals surface area contributed by atoms with Crippen molar-refractivity contribution in [2.75, 3.05) is 6.61 Å². The van der Waals surface area contributed by atoms with Crippen molar-refractivity contribution in [3.05, 3.63) is 105 Å². The summed E-state index contributed by atoms with van der Waals surface area (Å²) < 4.78 is 5.89. The Bertz CT molecular complexity index is 1960. The highest BCUT2D eigenvalue weighted by Gasteiger charge is 2.34. The fourth-order valence-corrected chi connectivity index (χ4v) is 7.21.